The van der Waals surface area contributed by atoms with Crippen LogP contribution in [0.4, 0.5) is 0 Å². The van der Waals surface area contributed by atoms with Crippen molar-refractivity contribution in [1.29, 1.82) is 0 Å². The molecule has 30 heavy (non-hydrogen) atoms. The third kappa shape index (κ3) is 4.40. The van der Waals surface area contributed by atoms with Crippen LogP contribution in [-0.4, -0.2) is 54.6 Å². The van der Waals surface area contributed by atoms with Crippen molar-refractivity contribution in [3.05, 3.63) is 36.2 Å². The summed E-state index contributed by atoms with van der Waals surface area (Å²) in [6.07, 6.45) is 4.61. The molecule has 3 aromatic heterocycles. The lowest BCUT2D eigenvalue weighted by Gasteiger charge is -2.36. The maximum absolute atomic E-state index is 10.3. The van der Waals surface area contributed by atoms with Crippen LogP contribution in [0.1, 0.15) is 70.9 Å². The standard InChI is InChI=1S/C22H31N5O3/c1-14(2)18-17-12-16(8-11-27(17)13-23-18)19-24-20(30-25-19)15-6-9-26(10-7-15)21(28)29-22(3,4)5/h8,11-15,21,28H,6-7,9-10H2,1-5H3. The van der Waals surface area contributed by atoms with Crippen molar-refractivity contribution >= 4 is 5.52 Å². The fourth-order valence-electron chi connectivity index (χ4n) is 3.87. The van der Waals surface area contributed by atoms with Gasteiger partial charge in [0, 0.05) is 30.8 Å². The molecule has 0 aliphatic carbocycles. The zero-order valence-electron chi connectivity index (χ0n) is 18.4. The Bertz CT molecular complexity index is 996. The van der Waals surface area contributed by atoms with Gasteiger partial charge in [0.15, 0.2) is 0 Å². The number of rotatable bonds is 5. The lowest BCUT2D eigenvalue weighted by molar-refractivity contribution is -0.242. The highest BCUT2D eigenvalue weighted by molar-refractivity contribution is 5.65. The first-order valence-electron chi connectivity index (χ1n) is 10.6. The molecule has 4 rings (SSSR count). The van der Waals surface area contributed by atoms with Crippen molar-refractivity contribution < 1.29 is 14.4 Å². The van der Waals surface area contributed by atoms with Crippen LogP contribution in [0, 0.1) is 0 Å². The fraction of sp³-hybridized carbons (Fsp3) is 0.591. The monoisotopic (exact) mass is 413 g/mol. The summed E-state index contributed by atoms with van der Waals surface area (Å²) in [6.45, 7) is 11.5. The number of hydrogen-bond acceptors (Lipinski definition) is 7. The largest absolute Gasteiger partial charge is 0.356 e. The quantitative estimate of drug-likeness (QED) is 0.637. The average Bonchev–Trinajstić information content (AvgIpc) is 3.33. The lowest BCUT2D eigenvalue weighted by Crippen LogP contribution is -2.45. The Labute approximate surface area is 176 Å². The van der Waals surface area contributed by atoms with Gasteiger partial charge in [0.1, 0.15) is 0 Å². The summed E-state index contributed by atoms with van der Waals surface area (Å²) in [4.78, 5) is 11.1. The summed E-state index contributed by atoms with van der Waals surface area (Å²) in [5.74, 6) is 1.79. The Kier molecular flexibility index (Phi) is 5.65. The van der Waals surface area contributed by atoms with Gasteiger partial charge < -0.3 is 18.8 Å². The topological polar surface area (TPSA) is 88.9 Å². The van der Waals surface area contributed by atoms with Gasteiger partial charge in [-0.15, -0.1) is 0 Å². The molecule has 0 spiro atoms. The van der Waals surface area contributed by atoms with E-state index >= 15 is 0 Å². The highest BCUT2D eigenvalue weighted by Crippen LogP contribution is 2.30. The fourth-order valence-corrected chi connectivity index (χ4v) is 3.87. The van der Waals surface area contributed by atoms with Crippen molar-refractivity contribution in [3.8, 4) is 11.4 Å². The van der Waals surface area contributed by atoms with Gasteiger partial charge in [0.2, 0.25) is 18.1 Å². The molecule has 0 aromatic carbocycles. The van der Waals surface area contributed by atoms with Gasteiger partial charge in [-0.25, -0.2) is 4.98 Å². The molecule has 1 fully saturated rings. The van der Waals surface area contributed by atoms with Gasteiger partial charge >= 0.3 is 0 Å². The van der Waals surface area contributed by atoms with E-state index in [4.69, 9.17) is 9.26 Å². The van der Waals surface area contributed by atoms with Crippen LogP contribution in [0.5, 0.6) is 0 Å². The van der Waals surface area contributed by atoms with E-state index in [1.54, 1.807) is 0 Å². The Balaban J connectivity index is 1.45. The van der Waals surface area contributed by atoms with Crippen LogP contribution in [0.3, 0.4) is 0 Å². The van der Waals surface area contributed by atoms with Crippen molar-refractivity contribution in [1.82, 2.24) is 24.4 Å². The minimum atomic E-state index is -0.887. The Hall–Kier alpha value is -2.29. The zero-order valence-corrected chi connectivity index (χ0v) is 18.4. The van der Waals surface area contributed by atoms with Crippen LogP contribution in [0.2, 0.25) is 0 Å². The molecule has 1 atom stereocenters. The lowest BCUT2D eigenvalue weighted by atomic mass is 9.97. The zero-order chi connectivity index (χ0) is 21.5. The smallest absolute Gasteiger partial charge is 0.230 e. The number of nitrogens with zero attached hydrogens (tertiary/aromatic N) is 5. The number of piperidine rings is 1. The number of fused-ring (bicyclic) bond motifs is 1. The molecule has 0 bridgehead atoms. The molecule has 1 saturated heterocycles. The van der Waals surface area contributed by atoms with Crippen molar-refractivity contribution in [2.75, 3.05) is 13.1 Å². The summed E-state index contributed by atoms with van der Waals surface area (Å²) < 4.78 is 13.3. The maximum Gasteiger partial charge on any atom is 0.230 e. The molecule has 0 saturated carbocycles. The molecule has 1 unspecified atom stereocenters. The third-order valence-corrected chi connectivity index (χ3v) is 5.47. The highest BCUT2D eigenvalue weighted by Gasteiger charge is 2.30. The SMILES string of the molecule is CC(C)c1ncn2ccc(-c3noc(C4CCN(C(O)OC(C)(C)C)CC4)n3)cc12. The normalized spacial score (nSPS) is 17.8. The summed E-state index contributed by atoms with van der Waals surface area (Å²) in [6, 6.07) is 4.05. The van der Waals surface area contributed by atoms with E-state index < -0.39 is 6.41 Å². The molecule has 1 aliphatic heterocycles. The van der Waals surface area contributed by atoms with Crippen LogP contribution < -0.4 is 0 Å². The summed E-state index contributed by atoms with van der Waals surface area (Å²) in [7, 11) is 0. The van der Waals surface area contributed by atoms with Crippen LogP contribution >= 0.6 is 0 Å². The van der Waals surface area contributed by atoms with Gasteiger partial charge in [-0.1, -0.05) is 19.0 Å². The van der Waals surface area contributed by atoms with Gasteiger partial charge in [0.05, 0.1) is 23.1 Å². The molecule has 0 amide bonds. The van der Waals surface area contributed by atoms with E-state index in [2.05, 4.69) is 35.0 Å². The average molecular weight is 414 g/mol. The Morgan fingerprint density at radius 1 is 1.23 bits per heavy atom. The molecular formula is C22H31N5O3. The summed E-state index contributed by atoms with van der Waals surface area (Å²) in [5, 5.41) is 14.5. The molecule has 8 nitrogen and oxygen atoms in total. The highest BCUT2D eigenvalue weighted by atomic mass is 16.6. The second-order valence-electron chi connectivity index (χ2n) is 9.32. The van der Waals surface area contributed by atoms with Crippen LogP contribution in [-0.2, 0) is 4.74 Å². The van der Waals surface area contributed by atoms with Crippen molar-refractivity contribution in [2.45, 2.75) is 71.3 Å². The number of imidazole rings is 1. The second-order valence-corrected chi connectivity index (χ2v) is 9.32. The number of likely N-dealkylation sites (tertiary alicyclic amines) is 1. The van der Waals surface area contributed by atoms with E-state index in [9.17, 15) is 5.11 Å². The van der Waals surface area contributed by atoms with Gasteiger partial charge in [-0.2, -0.15) is 4.98 Å². The van der Waals surface area contributed by atoms with Crippen molar-refractivity contribution in [3.63, 3.8) is 0 Å². The maximum atomic E-state index is 10.3. The van der Waals surface area contributed by atoms with Crippen LogP contribution in [0.15, 0.2) is 29.2 Å². The van der Waals surface area contributed by atoms with Crippen LogP contribution in [0.25, 0.3) is 16.9 Å². The number of pyridine rings is 1. The van der Waals surface area contributed by atoms with Gasteiger partial charge in [-0.3, -0.25) is 4.90 Å². The molecule has 1 N–H and O–H groups in total. The molecule has 3 aromatic rings. The molecule has 4 heterocycles. The Morgan fingerprint density at radius 3 is 2.63 bits per heavy atom. The first-order valence-corrected chi connectivity index (χ1v) is 10.6. The summed E-state index contributed by atoms with van der Waals surface area (Å²) >= 11 is 0. The predicted octanol–water partition coefficient (Wildman–Crippen LogP) is 3.78. The van der Waals surface area contributed by atoms with E-state index in [0.717, 1.165) is 42.7 Å². The van der Waals surface area contributed by atoms with Crippen molar-refractivity contribution in [2.24, 2.45) is 0 Å². The minimum absolute atomic E-state index is 0.189. The van der Waals surface area contributed by atoms with E-state index in [1.807, 2.05) is 48.7 Å². The molecular weight excluding hydrogens is 382 g/mol. The number of aliphatic hydroxyl groups is 1. The van der Waals surface area contributed by atoms with E-state index in [1.165, 1.54) is 0 Å². The molecule has 1 aliphatic rings. The number of aliphatic hydroxyl groups excluding tert-OH is 1. The molecule has 8 heteroatoms. The van der Waals surface area contributed by atoms with Gasteiger partial charge in [0.25, 0.3) is 0 Å². The third-order valence-electron chi connectivity index (χ3n) is 5.47. The predicted molar refractivity (Wildman–Crippen MR) is 113 cm³/mol. The summed E-state index contributed by atoms with van der Waals surface area (Å²) in [5.41, 5.74) is 2.66. The first-order chi connectivity index (χ1) is 14.2. The van der Waals surface area contributed by atoms with E-state index in [-0.39, 0.29) is 11.5 Å². The van der Waals surface area contributed by atoms with Gasteiger partial charge in [-0.05, 0) is 51.7 Å². The van der Waals surface area contributed by atoms with E-state index in [0.29, 0.717) is 17.6 Å². The number of hydrogen-bond donors (Lipinski definition) is 1. The number of aromatic nitrogens is 4. The second kappa shape index (κ2) is 8.09. The molecule has 0 radical (unpaired) electrons. The number of ether oxygens (including phenoxy) is 1. The minimum Gasteiger partial charge on any atom is -0.356 e. The molecule has 162 valence electrons. The Morgan fingerprint density at radius 2 is 1.97 bits per heavy atom. The first kappa shape index (κ1) is 21.0.